The van der Waals surface area contributed by atoms with Gasteiger partial charge in [-0.25, -0.2) is 24.4 Å². The molecule has 4 heterocycles. The molecule has 56 heavy (non-hydrogen) atoms. The van der Waals surface area contributed by atoms with Crippen LogP contribution in [-0.2, 0) is 12.0 Å². The number of rotatable bonds is 11. The lowest BCUT2D eigenvalue weighted by Gasteiger charge is -2.28. The standard InChI is InChI=1S/C43H48N10O3/c1-28-10-12-31(13-11-28)53-40(23-37(51-53)43(2,3)4)50-42(55)48-34-14-15-36(33-9-7-6-8-32(33)34)56-27-30-16-19-44-38(22-30)49-39-26-45-35(25-46-39)41(54)47-24-29-17-20-52(5)21-18-29/h6-16,19,22-23,25-26,29H,17-18,20-21,24,27H2,1-5H3,(H,47,54)(H,44,46,49)(H2,48,50,55). The lowest BCUT2D eigenvalue weighted by atomic mass is 9.92. The van der Waals surface area contributed by atoms with Crippen molar-refractivity contribution in [1.82, 2.24) is 34.9 Å². The Balaban J connectivity index is 0.979. The van der Waals surface area contributed by atoms with Crippen LogP contribution in [0.3, 0.4) is 0 Å². The highest BCUT2D eigenvalue weighted by molar-refractivity contribution is 6.07. The van der Waals surface area contributed by atoms with E-state index in [0.717, 1.165) is 59.2 Å². The van der Waals surface area contributed by atoms with Gasteiger partial charge in [-0.05, 0) is 87.8 Å². The van der Waals surface area contributed by atoms with Crippen molar-refractivity contribution in [3.63, 3.8) is 0 Å². The maximum Gasteiger partial charge on any atom is 0.324 e. The van der Waals surface area contributed by atoms with E-state index in [2.05, 4.69) is 68.9 Å². The van der Waals surface area contributed by atoms with Crippen LogP contribution >= 0.6 is 0 Å². The number of amides is 3. The largest absolute Gasteiger partial charge is 0.488 e. The highest BCUT2D eigenvalue weighted by atomic mass is 16.5. The van der Waals surface area contributed by atoms with E-state index < -0.39 is 0 Å². The summed E-state index contributed by atoms with van der Waals surface area (Å²) in [5.74, 6) is 2.52. The Hall–Kier alpha value is -6.34. The van der Waals surface area contributed by atoms with Crippen molar-refractivity contribution >= 4 is 45.9 Å². The first-order chi connectivity index (χ1) is 27.0. The minimum Gasteiger partial charge on any atom is -0.488 e. The second-order valence-electron chi connectivity index (χ2n) is 15.4. The van der Waals surface area contributed by atoms with Gasteiger partial charge in [-0.15, -0.1) is 0 Å². The molecular weight excluding hydrogens is 705 g/mol. The van der Waals surface area contributed by atoms with E-state index >= 15 is 0 Å². The number of aryl methyl sites for hydroxylation is 1. The predicted molar refractivity (Wildman–Crippen MR) is 220 cm³/mol. The number of urea groups is 1. The Labute approximate surface area is 326 Å². The maximum absolute atomic E-state index is 13.5. The lowest BCUT2D eigenvalue weighted by Crippen LogP contribution is -2.37. The summed E-state index contributed by atoms with van der Waals surface area (Å²) in [6, 6.07) is 24.8. The number of benzene rings is 3. The van der Waals surface area contributed by atoms with E-state index in [-0.39, 0.29) is 29.7 Å². The monoisotopic (exact) mass is 752 g/mol. The molecule has 4 N–H and O–H groups in total. The van der Waals surface area contributed by atoms with Gasteiger partial charge in [0.2, 0.25) is 0 Å². The summed E-state index contributed by atoms with van der Waals surface area (Å²) in [5.41, 5.74) is 4.43. The van der Waals surface area contributed by atoms with E-state index in [4.69, 9.17) is 9.84 Å². The molecule has 288 valence electrons. The molecule has 13 heteroatoms. The number of hydrogen-bond acceptors (Lipinski definition) is 9. The minimum atomic E-state index is -0.389. The number of aromatic nitrogens is 5. The van der Waals surface area contributed by atoms with E-state index in [1.165, 1.54) is 12.4 Å². The summed E-state index contributed by atoms with van der Waals surface area (Å²) in [4.78, 5) is 41.6. The predicted octanol–water partition coefficient (Wildman–Crippen LogP) is 7.85. The molecule has 0 bridgehead atoms. The zero-order valence-corrected chi connectivity index (χ0v) is 32.5. The van der Waals surface area contributed by atoms with Crippen molar-refractivity contribution in [2.75, 3.05) is 42.6 Å². The number of pyridine rings is 1. The molecular formula is C43H48N10O3. The molecule has 3 aromatic heterocycles. The molecule has 0 saturated carbocycles. The molecule has 0 atom stereocenters. The number of nitrogens with zero attached hydrogens (tertiary/aromatic N) is 6. The van der Waals surface area contributed by atoms with Gasteiger partial charge in [-0.2, -0.15) is 5.10 Å². The van der Waals surface area contributed by atoms with Crippen LogP contribution in [0.4, 0.5) is 27.9 Å². The molecule has 0 spiro atoms. The minimum absolute atomic E-state index is 0.212. The van der Waals surface area contributed by atoms with Crippen LogP contribution in [0.1, 0.15) is 60.9 Å². The molecule has 7 rings (SSSR count). The van der Waals surface area contributed by atoms with Gasteiger partial charge >= 0.3 is 6.03 Å². The fourth-order valence-electron chi connectivity index (χ4n) is 6.52. The van der Waals surface area contributed by atoms with Crippen molar-refractivity contribution < 1.29 is 14.3 Å². The first kappa shape index (κ1) is 38.0. The molecule has 0 unspecified atom stereocenters. The SMILES string of the molecule is Cc1ccc(-n2nc(C(C)(C)C)cc2NC(=O)Nc2ccc(OCc3ccnc(Nc4cnc(C(=O)NCC5CCN(C)CC5)cn4)c3)c3ccccc23)cc1. The average Bonchev–Trinajstić information content (AvgIpc) is 3.62. The van der Waals surface area contributed by atoms with Gasteiger partial charge in [0, 0.05) is 35.0 Å². The fraction of sp³-hybridized carbons (Fsp3) is 0.302. The number of anilines is 4. The Morgan fingerprint density at radius 1 is 0.857 bits per heavy atom. The number of nitrogens with one attached hydrogen (secondary N) is 4. The molecule has 13 nitrogen and oxygen atoms in total. The molecule has 0 radical (unpaired) electrons. The molecule has 3 aromatic carbocycles. The molecule has 1 aliphatic heterocycles. The number of carbonyl (C=O) groups is 2. The average molecular weight is 753 g/mol. The number of likely N-dealkylation sites (tertiary alicyclic amines) is 1. The van der Waals surface area contributed by atoms with Crippen LogP contribution in [0.5, 0.6) is 5.75 Å². The third-order valence-corrected chi connectivity index (χ3v) is 9.88. The van der Waals surface area contributed by atoms with Gasteiger partial charge < -0.3 is 25.6 Å². The van der Waals surface area contributed by atoms with Gasteiger partial charge in [0.15, 0.2) is 0 Å². The van der Waals surface area contributed by atoms with E-state index in [0.29, 0.717) is 41.4 Å². The molecule has 6 aromatic rings. The third kappa shape index (κ3) is 9.29. The Bertz CT molecular complexity index is 2310. The highest BCUT2D eigenvalue weighted by Gasteiger charge is 2.22. The van der Waals surface area contributed by atoms with Crippen LogP contribution < -0.4 is 26.0 Å². The molecule has 1 fully saturated rings. The van der Waals surface area contributed by atoms with Crippen molar-refractivity contribution in [3.8, 4) is 11.4 Å². The summed E-state index contributed by atoms with van der Waals surface area (Å²) in [5, 5.41) is 18.7. The topological polar surface area (TPSA) is 151 Å². The first-order valence-electron chi connectivity index (χ1n) is 18.9. The summed E-state index contributed by atoms with van der Waals surface area (Å²) in [7, 11) is 2.12. The zero-order valence-electron chi connectivity index (χ0n) is 32.5. The smallest absolute Gasteiger partial charge is 0.324 e. The normalized spacial score (nSPS) is 13.7. The van der Waals surface area contributed by atoms with Crippen molar-refractivity contribution in [2.24, 2.45) is 5.92 Å². The molecule has 3 amide bonds. The Kier molecular flexibility index (Phi) is 11.2. The fourth-order valence-corrected chi connectivity index (χ4v) is 6.52. The summed E-state index contributed by atoms with van der Waals surface area (Å²) in [6.07, 6.45) is 6.84. The Morgan fingerprint density at radius 3 is 2.36 bits per heavy atom. The molecule has 0 aliphatic carbocycles. The van der Waals surface area contributed by atoms with Crippen molar-refractivity contribution in [1.29, 1.82) is 0 Å². The zero-order chi connectivity index (χ0) is 39.2. The van der Waals surface area contributed by atoms with Crippen LogP contribution in [0, 0.1) is 12.8 Å². The summed E-state index contributed by atoms with van der Waals surface area (Å²) >= 11 is 0. The van der Waals surface area contributed by atoms with Crippen LogP contribution in [0.25, 0.3) is 16.5 Å². The van der Waals surface area contributed by atoms with Crippen LogP contribution in [-0.4, -0.2) is 68.3 Å². The van der Waals surface area contributed by atoms with Gasteiger partial charge in [-0.1, -0.05) is 62.7 Å². The number of piperidine rings is 1. The van der Waals surface area contributed by atoms with Gasteiger partial charge in [0.1, 0.15) is 35.5 Å². The van der Waals surface area contributed by atoms with Crippen molar-refractivity contribution in [3.05, 3.63) is 120 Å². The van der Waals surface area contributed by atoms with Crippen molar-refractivity contribution in [2.45, 2.75) is 52.6 Å². The second-order valence-corrected chi connectivity index (χ2v) is 15.4. The maximum atomic E-state index is 13.5. The van der Waals surface area contributed by atoms with Gasteiger partial charge in [-0.3, -0.25) is 10.1 Å². The number of ether oxygens (including phenoxy) is 1. The molecule has 1 saturated heterocycles. The second kappa shape index (κ2) is 16.6. The number of hydrogen-bond donors (Lipinski definition) is 4. The quantitative estimate of drug-likeness (QED) is 0.104. The Morgan fingerprint density at radius 2 is 1.62 bits per heavy atom. The first-order valence-corrected chi connectivity index (χ1v) is 18.9. The van der Waals surface area contributed by atoms with Gasteiger partial charge in [0.25, 0.3) is 5.91 Å². The van der Waals surface area contributed by atoms with Crippen LogP contribution in [0.15, 0.2) is 97.5 Å². The summed E-state index contributed by atoms with van der Waals surface area (Å²) < 4.78 is 8.08. The number of carbonyl (C=O) groups excluding carboxylic acids is 2. The summed E-state index contributed by atoms with van der Waals surface area (Å²) in [6.45, 7) is 11.3. The van der Waals surface area contributed by atoms with Gasteiger partial charge in [0.05, 0.1) is 29.5 Å². The molecule has 1 aliphatic rings. The van der Waals surface area contributed by atoms with E-state index in [1.54, 1.807) is 10.9 Å². The van der Waals surface area contributed by atoms with E-state index in [1.807, 2.05) is 85.8 Å². The lowest BCUT2D eigenvalue weighted by molar-refractivity contribution is 0.0933. The highest BCUT2D eigenvalue weighted by Crippen LogP contribution is 2.33. The van der Waals surface area contributed by atoms with Crippen LogP contribution in [0.2, 0.25) is 0 Å². The number of fused-ring (bicyclic) bond motifs is 1. The third-order valence-electron chi connectivity index (χ3n) is 9.88. The van der Waals surface area contributed by atoms with E-state index in [9.17, 15) is 9.59 Å².